The van der Waals surface area contributed by atoms with E-state index in [2.05, 4.69) is 15.9 Å². The van der Waals surface area contributed by atoms with Gasteiger partial charge in [-0.3, -0.25) is 10.1 Å². The number of nitro groups is 1. The molecule has 0 amide bonds. The van der Waals surface area contributed by atoms with Crippen LogP contribution in [0.3, 0.4) is 0 Å². The Morgan fingerprint density at radius 1 is 1.62 bits per heavy atom. The Hall–Kier alpha value is -0.720. The summed E-state index contributed by atoms with van der Waals surface area (Å²) < 4.78 is 9.70. The van der Waals surface area contributed by atoms with Crippen LogP contribution in [0.25, 0.3) is 0 Å². The second kappa shape index (κ2) is 6.12. The van der Waals surface area contributed by atoms with E-state index in [1.807, 2.05) is 0 Å². The number of ether oxygens (including phenoxy) is 2. The van der Waals surface area contributed by atoms with Crippen LogP contribution >= 0.6 is 15.9 Å². The van der Waals surface area contributed by atoms with Crippen LogP contribution in [0.4, 0.5) is 0 Å². The van der Waals surface area contributed by atoms with Crippen molar-refractivity contribution in [2.24, 2.45) is 0 Å². The van der Waals surface area contributed by atoms with Crippen molar-refractivity contribution < 1.29 is 14.4 Å². The van der Waals surface area contributed by atoms with Crippen LogP contribution in [-0.4, -0.2) is 29.8 Å². The number of halogens is 1. The first-order valence-electron chi connectivity index (χ1n) is 4.93. The summed E-state index contributed by atoms with van der Waals surface area (Å²) in [5.41, 5.74) is 0.0508. The van der Waals surface area contributed by atoms with Crippen molar-refractivity contribution in [2.75, 3.05) is 20.3 Å². The molecule has 0 heterocycles. The Morgan fingerprint density at radius 2 is 2.38 bits per heavy atom. The van der Waals surface area contributed by atoms with Gasteiger partial charge in [0.1, 0.15) is 0 Å². The zero-order valence-electron chi connectivity index (χ0n) is 9.02. The lowest BCUT2D eigenvalue weighted by atomic mass is 10.1. The Bertz CT molecular complexity index is 316. The molecule has 90 valence electrons. The topological polar surface area (TPSA) is 61.6 Å². The highest BCUT2D eigenvalue weighted by atomic mass is 79.9. The minimum absolute atomic E-state index is 0.0508. The molecule has 1 aliphatic carbocycles. The van der Waals surface area contributed by atoms with E-state index in [1.54, 1.807) is 13.2 Å². The molecule has 5 nitrogen and oxygen atoms in total. The first-order valence-corrected chi connectivity index (χ1v) is 5.72. The summed E-state index contributed by atoms with van der Waals surface area (Å²) in [4.78, 5) is 10.2. The molecule has 0 aromatic carbocycles. The van der Waals surface area contributed by atoms with E-state index in [0.717, 1.165) is 6.42 Å². The summed E-state index contributed by atoms with van der Waals surface area (Å²) in [6.07, 6.45) is 6.04. The third-order valence-corrected chi connectivity index (χ3v) is 2.88. The summed E-state index contributed by atoms with van der Waals surface area (Å²) in [5, 5.41) is 10.6. The van der Waals surface area contributed by atoms with Gasteiger partial charge in [0, 0.05) is 32.3 Å². The normalized spacial score (nSPS) is 24.2. The van der Waals surface area contributed by atoms with Gasteiger partial charge < -0.3 is 9.47 Å². The smallest absolute Gasteiger partial charge is 0.268 e. The summed E-state index contributed by atoms with van der Waals surface area (Å²) in [7, 11) is 1.62. The predicted molar refractivity (Wildman–Crippen MR) is 62.9 cm³/mol. The zero-order chi connectivity index (χ0) is 12.0. The van der Waals surface area contributed by atoms with E-state index < -0.39 is 9.43 Å². The van der Waals surface area contributed by atoms with E-state index in [0.29, 0.717) is 19.6 Å². The second-order valence-corrected chi connectivity index (χ2v) is 4.76. The Kier molecular flexibility index (Phi) is 5.11. The molecular formula is C10H14BrNO4. The summed E-state index contributed by atoms with van der Waals surface area (Å²) >= 11 is 3.36. The van der Waals surface area contributed by atoms with Crippen molar-refractivity contribution in [1.82, 2.24) is 0 Å². The molecule has 0 bridgehead atoms. The fourth-order valence-corrected chi connectivity index (χ4v) is 1.91. The van der Waals surface area contributed by atoms with Crippen LogP contribution in [0.15, 0.2) is 23.9 Å². The lowest BCUT2D eigenvalue weighted by molar-refractivity contribution is -0.420. The fourth-order valence-electron chi connectivity index (χ4n) is 1.33. The Morgan fingerprint density at radius 3 is 3.00 bits per heavy atom. The van der Waals surface area contributed by atoms with Crippen LogP contribution in [0.5, 0.6) is 0 Å². The fraction of sp³-hybridized carbons (Fsp3) is 0.600. The molecule has 0 fully saturated rings. The third kappa shape index (κ3) is 4.03. The maximum Gasteiger partial charge on any atom is 0.268 e. The number of nitrogens with zero attached hydrogens (tertiary/aromatic N) is 1. The summed E-state index contributed by atoms with van der Waals surface area (Å²) in [5.74, 6) is 0. The zero-order valence-corrected chi connectivity index (χ0v) is 10.6. The number of alkyl halides is 1. The van der Waals surface area contributed by atoms with Gasteiger partial charge in [0.25, 0.3) is 5.70 Å². The highest BCUT2D eigenvalue weighted by Crippen LogP contribution is 2.31. The average molecular weight is 292 g/mol. The molecule has 0 aromatic heterocycles. The molecule has 0 aromatic rings. The molecule has 0 spiro atoms. The van der Waals surface area contributed by atoms with Crippen molar-refractivity contribution in [2.45, 2.75) is 17.4 Å². The number of allylic oxidation sites excluding steroid dienone is 1. The predicted octanol–water partition coefficient (Wildman–Crippen LogP) is 2.25. The molecule has 1 rings (SSSR count). The van der Waals surface area contributed by atoms with Gasteiger partial charge in [0.15, 0.2) is 4.51 Å². The van der Waals surface area contributed by atoms with E-state index in [9.17, 15) is 10.1 Å². The molecule has 0 saturated heterocycles. The van der Waals surface area contributed by atoms with Crippen LogP contribution in [0.2, 0.25) is 0 Å². The van der Waals surface area contributed by atoms with Gasteiger partial charge in [-0.25, -0.2) is 0 Å². The van der Waals surface area contributed by atoms with Gasteiger partial charge in [-0.05, 0) is 22.4 Å². The van der Waals surface area contributed by atoms with Crippen molar-refractivity contribution in [3.63, 3.8) is 0 Å². The monoisotopic (exact) mass is 291 g/mol. The lowest BCUT2D eigenvalue weighted by Gasteiger charge is -2.24. The van der Waals surface area contributed by atoms with Crippen LogP contribution < -0.4 is 0 Å². The van der Waals surface area contributed by atoms with Crippen LogP contribution in [0.1, 0.15) is 12.8 Å². The number of methoxy groups -OCH3 is 1. The third-order valence-electron chi connectivity index (χ3n) is 2.09. The molecule has 1 atom stereocenters. The van der Waals surface area contributed by atoms with Gasteiger partial charge in [0.05, 0.1) is 11.5 Å². The van der Waals surface area contributed by atoms with E-state index in [-0.39, 0.29) is 5.70 Å². The highest BCUT2D eigenvalue weighted by Gasteiger charge is 2.30. The van der Waals surface area contributed by atoms with Crippen LogP contribution in [-0.2, 0) is 9.47 Å². The molecule has 6 heteroatoms. The molecule has 1 unspecified atom stereocenters. The molecular weight excluding hydrogens is 278 g/mol. The largest absolute Gasteiger partial charge is 0.385 e. The van der Waals surface area contributed by atoms with Gasteiger partial charge >= 0.3 is 0 Å². The molecule has 0 aliphatic heterocycles. The Balaban J connectivity index is 2.51. The van der Waals surface area contributed by atoms with E-state index in [4.69, 9.17) is 9.47 Å². The maximum atomic E-state index is 10.6. The first-order chi connectivity index (χ1) is 7.57. The van der Waals surface area contributed by atoms with Crippen molar-refractivity contribution in [3.05, 3.63) is 34.0 Å². The number of hydrogen-bond donors (Lipinski definition) is 0. The first kappa shape index (κ1) is 13.3. The summed E-state index contributed by atoms with van der Waals surface area (Å²) in [6, 6.07) is 0. The van der Waals surface area contributed by atoms with Crippen LogP contribution in [0, 0.1) is 10.1 Å². The van der Waals surface area contributed by atoms with Gasteiger partial charge in [0.2, 0.25) is 0 Å². The average Bonchev–Trinajstić information content (AvgIpc) is 2.24. The maximum absolute atomic E-state index is 10.6. The lowest BCUT2D eigenvalue weighted by Crippen LogP contribution is -2.26. The quantitative estimate of drug-likeness (QED) is 0.326. The van der Waals surface area contributed by atoms with Gasteiger partial charge in [-0.2, -0.15) is 0 Å². The van der Waals surface area contributed by atoms with Gasteiger partial charge in [-0.1, -0.05) is 6.08 Å². The SMILES string of the molecule is COCCCOC1(Br)C=C([N+](=O)[O-])C=CC1. The second-order valence-electron chi connectivity index (χ2n) is 3.41. The minimum atomic E-state index is -0.752. The number of rotatable bonds is 6. The molecule has 16 heavy (non-hydrogen) atoms. The Labute approximate surface area is 102 Å². The molecule has 0 radical (unpaired) electrons. The van der Waals surface area contributed by atoms with Crippen molar-refractivity contribution in [3.8, 4) is 0 Å². The minimum Gasteiger partial charge on any atom is -0.385 e. The number of hydrogen-bond acceptors (Lipinski definition) is 4. The molecule has 0 N–H and O–H groups in total. The standard InChI is InChI=1S/C10H14BrNO4/c1-15-6-3-7-16-10(11)5-2-4-9(8-10)12(13)14/h2,4,8H,3,5-7H2,1H3. The van der Waals surface area contributed by atoms with E-state index >= 15 is 0 Å². The van der Waals surface area contributed by atoms with Crippen molar-refractivity contribution in [1.29, 1.82) is 0 Å². The van der Waals surface area contributed by atoms with E-state index in [1.165, 1.54) is 12.2 Å². The van der Waals surface area contributed by atoms with Gasteiger partial charge in [-0.15, -0.1) is 0 Å². The molecule has 0 saturated carbocycles. The molecule has 1 aliphatic rings. The van der Waals surface area contributed by atoms with Crippen molar-refractivity contribution >= 4 is 15.9 Å². The summed E-state index contributed by atoms with van der Waals surface area (Å²) in [6.45, 7) is 1.11. The highest BCUT2D eigenvalue weighted by molar-refractivity contribution is 9.10.